The average Bonchev–Trinajstić information content (AvgIpc) is 2.73. The maximum absolute atomic E-state index is 13.9. The SMILES string of the molecule is CC(NC(=O)c1ccc(S(=O)(=O)N(C)c2ccccc2)cc1)c1ccc(F)cc1F. The summed E-state index contributed by atoms with van der Waals surface area (Å²) in [5.41, 5.74) is 0.869. The number of sulfonamides is 1. The van der Waals surface area contributed by atoms with Crippen LogP contribution in [0, 0.1) is 11.6 Å². The maximum atomic E-state index is 13.9. The molecule has 1 N–H and O–H groups in total. The molecule has 0 spiro atoms. The van der Waals surface area contributed by atoms with E-state index in [0.29, 0.717) is 5.69 Å². The molecule has 1 atom stereocenters. The van der Waals surface area contributed by atoms with Crippen molar-refractivity contribution in [3.63, 3.8) is 0 Å². The van der Waals surface area contributed by atoms with E-state index in [1.165, 1.54) is 37.4 Å². The first-order valence-electron chi connectivity index (χ1n) is 9.10. The molecule has 3 aromatic carbocycles. The summed E-state index contributed by atoms with van der Waals surface area (Å²) in [5, 5.41) is 2.62. The van der Waals surface area contributed by atoms with Gasteiger partial charge in [-0.1, -0.05) is 24.3 Å². The molecule has 3 aromatic rings. The van der Waals surface area contributed by atoms with Crippen molar-refractivity contribution in [3.05, 3.63) is 95.6 Å². The van der Waals surface area contributed by atoms with Gasteiger partial charge in [0.1, 0.15) is 11.6 Å². The van der Waals surface area contributed by atoms with E-state index in [0.717, 1.165) is 16.4 Å². The van der Waals surface area contributed by atoms with Crippen molar-refractivity contribution in [3.8, 4) is 0 Å². The van der Waals surface area contributed by atoms with Crippen LogP contribution in [0.3, 0.4) is 0 Å². The molecule has 0 radical (unpaired) electrons. The second-order valence-corrected chi connectivity index (χ2v) is 8.66. The number of nitrogens with zero attached hydrogens (tertiary/aromatic N) is 1. The summed E-state index contributed by atoms with van der Waals surface area (Å²) >= 11 is 0. The van der Waals surface area contributed by atoms with Gasteiger partial charge in [0.05, 0.1) is 16.6 Å². The molecule has 0 aliphatic rings. The first kappa shape index (κ1) is 21.4. The van der Waals surface area contributed by atoms with E-state index >= 15 is 0 Å². The van der Waals surface area contributed by atoms with Gasteiger partial charge in [0, 0.05) is 24.2 Å². The Balaban J connectivity index is 1.75. The predicted octanol–water partition coefficient (Wildman–Crippen LogP) is 4.28. The fraction of sp³-hybridized carbons (Fsp3) is 0.136. The number of hydrogen-bond donors (Lipinski definition) is 1. The lowest BCUT2D eigenvalue weighted by Gasteiger charge is -2.19. The van der Waals surface area contributed by atoms with Crippen molar-refractivity contribution >= 4 is 21.6 Å². The summed E-state index contributed by atoms with van der Waals surface area (Å²) < 4.78 is 53.7. The van der Waals surface area contributed by atoms with Crippen LogP contribution in [-0.2, 0) is 10.0 Å². The number of para-hydroxylation sites is 1. The third-order valence-corrected chi connectivity index (χ3v) is 6.47. The van der Waals surface area contributed by atoms with Gasteiger partial charge in [-0.15, -0.1) is 0 Å². The standard InChI is InChI=1S/C22H20F2N2O3S/c1-15(20-13-10-17(23)14-21(20)24)25-22(27)16-8-11-19(12-9-16)30(28,29)26(2)18-6-4-3-5-7-18/h3-15H,1-2H3,(H,25,27). The van der Waals surface area contributed by atoms with E-state index in [9.17, 15) is 22.0 Å². The average molecular weight is 430 g/mol. The normalized spacial score (nSPS) is 12.3. The van der Waals surface area contributed by atoms with Gasteiger partial charge < -0.3 is 5.32 Å². The lowest BCUT2D eigenvalue weighted by molar-refractivity contribution is 0.0939. The van der Waals surface area contributed by atoms with Gasteiger partial charge in [-0.05, 0) is 49.4 Å². The van der Waals surface area contributed by atoms with E-state index < -0.39 is 33.6 Å². The number of nitrogens with one attached hydrogen (secondary N) is 1. The summed E-state index contributed by atoms with van der Waals surface area (Å²) in [6.07, 6.45) is 0. The zero-order chi connectivity index (χ0) is 21.9. The molecule has 0 heterocycles. The number of hydrogen-bond acceptors (Lipinski definition) is 3. The van der Waals surface area contributed by atoms with Gasteiger partial charge in [0.25, 0.3) is 15.9 Å². The quantitative estimate of drug-likeness (QED) is 0.635. The fourth-order valence-electron chi connectivity index (χ4n) is 2.92. The number of benzene rings is 3. The molecule has 5 nitrogen and oxygen atoms in total. The molecule has 30 heavy (non-hydrogen) atoms. The molecular weight excluding hydrogens is 410 g/mol. The minimum atomic E-state index is -3.79. The minimum Gasteiger partial charge on any atom is -0.345 e. The highest BCUT2D eigenvalue weighted by molar-refractivity contribution is 7.92. The Morgan fingerprint density at radius 3 is 2.20 bits per heavy atom. The molecule has 8 heteroatoms. The highest BCUT2D eigenvalue weighted by Gasteiger charge is 2.22. The fourth-order valence-corrected chi connectivity index (χ4v) is 4.12. The largest absolute Gasteiger partial charge is 0.345 e. The Morgan fingerprint density at radius 2 is 1.60 bits per heavy atom. The molecule has 0 aliphatic heterocycles. The minimum absolute atomic E-state index is 0.0306. The van der Waals surface area contributed by atoms with Crippen LogP contribution in [0.5, 0.6) is 0 Å². The first-order chi connectivity index (χ1) is 14.2. The Hall–Kier alpha value is -3.26. The second-order valence-electron chi connectivity index (χ2n) is 6.69. The van der Waals surface area contributed by atoms with Crippen molar-refractivity contribution in [1.82, 2.24) is 5.32 Å². The first-order valence-corrected chi connectivity index (χ1v) is 10.5. The Kier molecular flexibility index (Phi) is 6.17. The molecule has 0 aromatic heterocycles. The highest BCUT2D eigenvalue weighted by atomic mass is 32.2. The third kappa shape index (κ3) is 4.49. The number of rotatable bonds is 6. The monoisotopic (exact) mass is 430 g/mol. The van der Waals surface area contributed by atoms with Crippen LogP contribution in [0.1, 0.15) is 28.9 Å². The zero-order valence-electron chi connectivity index (χ0n) is 16.3. The molecule has 0 bridgehead atoms. The lowest BCUT2D eigenvalue weighted by atomic mass is 10.1. The molecule has 0 aliphatic carbocycles. The Labute approximate surface area is 174 Å². The van der Waals surface area contributed by atoms with E-state index in [1.54, 1.807) is 37.3 Å². The Bertz CT molecular complexity index is 1150. The smallest absolute Gasteiger partial charge is 0.264 e. The van der Waals surface area contributed by atoms with Gasteiger partial charge in [0.15, 0.2) is 0 Å². The number of amides is 1. The molecule has 1 amide bonds. The van der Waals surface area contributed by atoms with Crippen LogP contribution in [-0.4, -0.2) is 21.4 Å². The third-order valence-electron chi connectivity index (χ3n) is 4.67. The van der Waals surface area contributed by atoms with E-state index in [4.69, 9.17) is 0 Å². The molecule has 1 unspecified atom stereocenters. The zero-order valence-corrected chi connectivity index (χ0v) is 17.2. The molecular formula is C22H20F2N2O3S. The lowest BCUT2D eigenvalue weighted by Crippen LogP contribution is -2.28. The van der Waals surface area contributed by atoms with Crippen LogP contribution in [0.15, 0.2) is 77.7 Å². The number of anilines is 1. The van der Waals surface area contributed by atoms with Crippen LogP contribution >= 0.6 is 0 Å². The van der Waals surface area contributed by atoms with Gasteiger partial charge >= 0.3 is 0 Å². The van der Waals surface area contributed by atoms with Crippen molar-refractivity contribution in [2.45, 2.75) is 17.9 Å². The predicted molar refractivity (Wildman–Crippen MR) is 111 cm³/mol. The topological polar surface area (TPSA) is 66.5 Å². The van der Waals surface area contributed by atoms with E-state index in [1.807, 2.05) is 0 Å². The van der Waals surface area contributed by atoms with Crippen LogP contribution in [0.4, 0.5) is 14.5 Å². The summed E-state index contributed by atoms with van der Waals surface area (Å²) in [6.45, 7) is 1.57. The van der Waals surface area contributed by atoms with Crippen molar-refractivity contribution in [2.75, 3.05) is 11.4 Å². The van der Waals surface area contributed by atoms with Crippen molar-refractivity contribution in [2.24, 2.45) is 0 Å². The number of halogens is 2. The summed E-state index contributed by atoms with van der Waals surface area (Å²) in [4.78, 5) is 12.5. The molecule has 3 rings (SSSR count). The van der Waals surface area contributed by atoms with E-state index in [2.05, 4.69) is 5.32 Å². The van der Waals surface area contributed by atoms with Crippen LogP contribution in [0.2, 0.25) is 0 Å². The maximum Gasteiger partial charge on any atom is 0.264 e. The van der Waals surface area contributed by atoms with Gasteiger partial charge in [0.2, 0.25) is 0 Å². The summed E-state index contributed by atoms with van der Waals surface area (Å²) in [6, 6.07) is 16.5. The number of carbonyl (C=O) groups is 1. The van der Waals surface area contributed by atoms with Crippen molar-refractivity contribution < 1.29 is 22.0 Å². The second kappa shape index (κ2) is 8.62. The van der Waals surface area contributed by atoms with Gasteiger partial charge in [-0.3, -0.25) is 9.10 Å². The molecule has 0 saturated carbocycles. The summed E-state index contributed by atoms with van der Waals surface area (Å²) in [7, 11) is -2.35. The van der Waals surface area contributed by atoms with Gasteiger partial charge in [-0.25, -0.2) is 17.2 Å². The van der Waals surface area contributed by atoms with Crippen LogP contribution in [0.25, 0.3) is 0 Å². The van der Waals surface area contributed by atoms with E-state index in [-0.39, 0.29) is 16.0 Å². The van der Waals surface area contributed by atoms with Gasteiger partial charge in [-0.2, -0.15) is 0 Å². The van der Waals surface area contributed by atoms with Crippen LogP contribution < -0.4 is 9.62 Å². The highest BCUT2D eigenvalue weighted by Crippen LogP contribution is 2.22. The number of carbonyl (C=O) groups excluding carboxylic acids is 1. The summed E-state index contributed by atoms with van der Waals surface area (Å²) in [5.74, 6) is -1.97. The molecule has 156 valence electrons. The molecule has 0 saturated heterocycles. The van der Waals surface area contributed by atoms with Crippen molar-refractivity contribution in [1.29, 1.82) is 0 Å². The molecule has 0 fully saturated rings. The Morgan fingerprint density at radius 1 is 0.967 bits per heavy atom.